The van der Waals surface area contributed by atoms with Crippen molar-refractivity contribution in [3.8, 4) is 0 Å². The lowest BCUT2D eigenvalue weighted by molar-refractivity contribution is 0.0236. The molecule has 2 nitrogen and oxygen atoms in total. The first kappa shape index (κ1) is 10.1. The summed E-state index contributed by atoms with van der Waals surface area (Å²) < 4.78 is 10.7. The normalized spacial score (nSPS) is 20.9. The average molecular weight is 215 g/mol. The molecule has 1 aliphatic rings. The number of halogens is 1. The Kier molecular flexibility index (Phi) is 3.14. The monoisotopic (exact) mass is 214 g/mol. The standard InChI is InChI=1S/C11H15ClO2/c12-9-11(3-6-13-7-4-11)8-10-2-1-5-14-10/h1-2,5H,3-4,6-9H2. The van der Waals surface area contributed by atoms with Crippen molar-refractivity contribution in [1.82, 2.24) is 0 Å². The predicted molar refractivity (Wildman–Crippen MR) is 55.6 cm³/mol. The molecule has 0 radical (unpaired) electrons. The summed E-state index contributed by atoms with van der Waals surface area (Å²) in [6.45, 7) is 1.65. The van der Waals surface area contributed by atoms with E-state index in [0.717, 1.165) is 38.2 Å². The Hall–Kier alpha value is -0.470. The van der Waals surface area contributed by atoms with Gasteiger partial charge in [0.2, 0.25) is 0 Å². The zero-order valence-electron chi connectivity index (χ0n) is 8.17. The van der Waals surface area contributed by atoms with Gasteiger partial charge >= 0.3 is 0 Å². The van der Waals surface area contributed by atoms with Gasteiger partial charge in [-0.05, 0) is 30.4 Å². The molecular weight excluding hydrogens is 200 g/mol. The van der Waals surface area contributed by atoms with Crippen molar-refractivity contribution in [2.24, 2.45) is 5.41 Å². The van der Waals surface area contributed by atoms with Crippen LogP contribution in [-0.2, 0) is 11.2 Å². The molecule has 2 heterocycles. The highest BCUT2D eigenvalue weighted by atomic mass is 35.5. The molecule has 3 heteroatoms. The van der Waals surface area contributed by atoms with Gasteiger partial charge in [0.15, 0.2) is 0 Å². The Morgan fingerprint density at radius 1 is 1.36 bits per heavy atom. The summed E-state index contributed by atoms with van der Waals surface area (Å²) in [6.07, 6.45) is 4.73. The van der Waals surface area contributed by atoms with Crippen molar-refractivity contribution < 1.29 is 9.15 Å². The molecule has 0 aliphatic carbocycles. The van der Waals surface area contributed by atoms with E-state index in [2.05, 4.69) is 0 Å². The molecule has 0 amide bonds. The Morgan fingerprint density at radius 2 is 2.14 bits per heavy atom. The van der Waals surface area contributed by atoms with Gasteiger partial charge in [-0.2, -0.15) is 0 Å². The quantitative estimate of drug-likeness (QED) is 0.722. The van der Waals surface area contributed by atoms with E-state index in [9.17, 15) is 0 Å². The van der Waals surface area contributed by atoms with Crippen molar-refractivity contribution in [3.05, 3.63) is 24.2 Å². The number of furan rings is 1. The Bertz CT molecular complexity index is 263. The third kappa shape index (κ3) is 2.12. The topological polar surface area (TPSA) is 22.4 Å². The van der Waals surface area contributed by atoms with E-state index in [1.54, 1.807) is 6.26 Å². The highest BCUT2D eigenvalue weighted by Gasteiger charge is 2.32. The summed E-state index contributed by atoms with van der Waals surface area (Å²) in [5.74, 6) is 1.73. The summed E-state index contributed by atoms with van der Waals surface area (Å²) in [4.78, 5) is 0. The molecule has 1 aromatic rings. The van der Waals surface area contributed by atoms with Crippen LogP contribution < -0.4 is 0 Å². The van der Waals surface area contributed by atoms with Gasteiger partial charge in [-0.1, -0.05) is 0 Å². The van der Waals surface area contributed by atoms with Gasteiger partial charge in [0.25, 0.3) is 0 Å². The lowest BCUT2D eigenvalue weighted by atomic mass is 9.78. The van der Waals surface area contributed by atoms with Gasteiger partial charge in [0.05, 0.1) is 6.26 Å². The minimum absolute atomic E-state index is 0.192. The van der Waals surface area contributed by atoms with Crippen LogP contribution in [0, 0.1) is 5.41 Å². The zero-order valence-corrected chi connectivity index (χ0v) is 8.93. The fraction of sp³-hybridized carbons (Fsp3) is 0.636. The van der Waals surface area contributed by atoms with Gasteiger partial charge < -0.3 is 9.15 Å². The Morgan fingerprint density at radius 3 is 2.71 bits per heavy atom. The number of hydrogen-bond donors (Lipinski definition) is 0. The first-order valence-corrected chi connectivity index (χ1v) is 5.54. The second-order valence-electron chi connectivity index (χ2n) is 4.00. The summed E-state index contributed by atoms with van der Waals surface area (Å²) >= 11 is 6.06. The van der Waals surface area contributed by atoms with Crippen molar-refractivity contribution in [1.29, 1.82) is 0 Å². The second kappa shape index (κ2) is 4.37. The average Bonchev–Trinajstić information content (AvgIpc) is 2.72. The highest BCUT2D eigenvalue weighted by Crippen LogP contribution is 2.35. The maximum atomic E-state index is 6.06. The van der Waals surface area contributed by atoms with Crippen molar-refractivity contribution >= 4 is 11.6 Å². The molecule has 0 N–H and O–H groups in total. The fourth-order valence-electron chi connectivity index (χ4n) is 1.94. The molecule has 1 aromatic heterocycles. The first-order chi connectivity index (χ1) is 6.85. The molecule has 0 bridgehead atoms. The van der Waals surface area contributed by atoms with E-state index < -0.39 is 0 Å². The van der Waals surface area contributed by atoms with Crippen LogP contribution in [0.2, 0.25) is 0 Å². The SMILES string of the molecule is ClCC1(Cc2ccco2)CCOCC1. The van der Waals surface area contributed by atoms with E-state index in [1.165, 1.54) is 0 Å². The third-order valence-corrected chi connectivity index (χ3v) is 3.53. The van der Waals surface area contributed by atoms with Gasteiger partial charge in [0.1, 0.15) is 5.76 Å². The zero-order chi connectivity index (χ0) is 9.86. The van der Waals surface area contributed by atoms with Crippen LogP contribution in [0.5, 0.6) is 0 Å². The summed E-state index contributed by atoms with van der Waals surface area (Å²) in [5, 5.41) is 0. The van der Waals surface area contributed by atoms with Gasteiger partial charge in [-0.25, -0.2) is 0 Å². The minimum atomic E-state index is 0.192. The smallest absolute Gasteiger partial charge is 0.104 e. The lowest BCUT2D eigenvalue weighted by Crippen LogP contribution is -2.33. The van der Waals surface area contributed by atoms with Crippen LogP contribution in [0.4, 0.5) is 0 Å². The van der Waals surface area contributed by atoms with Gasteiger partial charge in [-0.15, -0.1) is 11.6 Å². The van der Waals surface area contributed by atoms with Crippen molar-refractivity contribution in [3.63, 3.8) is 0 Å². The maximum absolute atomic E-state index is 6.06. The molecule has 78 valence electrons. The molecule has 14 heavy (non-hydrogen) atoms. The van der Waals surface area contributed by atoms with E-state index in [-0.39, 0.29) is 5.41 Å². The molecule has 1 fully saturated rings. The predicted octanol–water partition coefficient (Wildman–Crippen LogP) is 2.86. The second-order valence-corrected chi connectivity index (χ2v) is 4.27. The molecule has 0 saturated carbocycles. The first-order valence-electron chi connectivity index (χ1n) is 5.01. The van der Waals surface area contributed by atoms with E-state index in [1.807, 2.05) is 12.1 Å². The number of rotatable bonds is 3. The maximum Gasteiger partial charge on any atom is 0.104 e. The van der Waals surface area contributed by atoms with E-state index in [0.29, 0.717) is 5.88 Å². The van der Waals surface area contributed by atoms with Crippen LogP contribution in [0.1, 0.15) is 18.6 Å². The van der Waals surface area contributed by atoms with Crippen LogP contribution in [0.25, 0.3) is 0 Å². The number of alkyl halides is 1. The van der Waals surface area contributed by atoms with Crippen LogP contribution in [-0.4, -0.2) is 19.1 Å². The molecule has 0 spiro atoms. The molecule has 1 saturated heterocycles. The third-order valence-electron chi connectivity index (χ3n) is 2.97. The fourth-order valence-corrected chi connectivity index (χ4v) is 2.31. The van der Waals surface area contributed by atoms with E-state index >= 15 is 0 Å². The van der Waals surface area contributed by atoms with Crippen LogP contribution in [0.15, 0.2) is 22.8 Å². The van der Waals surface area contributed by atoms with Crippen LogP contribution in [0.3, 0.4) is 0 Å². The van der Waals surface area contributed by atoms with Crippen molar-refractivity contribution in [2.45, 2.75) is 19.3 Å². The van der Waals surface area contributed by atoms with E-state index in [4.69, 9.17) is 20.8 Å². The molecular formula is C11H15ClO2. The van der Waals surface area contributed by atoms with Crippen molar-refractivity contribution in [2.75, 3.05) is 19.1 Å². The Balaban J connectivity index is 2.04. The highest BCUT2D eigenvalue weighted by molar-refractivity contribution is 6.18. The van der Waals surface area contributed by atoms with Gasteiger partial charge in [-0.3, -0.25) is 0 Å². The minimum Gasteiger partial charge on any atom is -0.469 e. The number of hydrogen-bond acceptors (Lipinski definition) is 2. The lowest BCUT2D eigenvalue weighted by Gasteiger charge is -2.34. The number of ether oxygens (including phenoxy) is 1. The molecule has 1 aliphatic heterocycles. The summed E-state index contributed by atoms with van der Waals surface area (Å²) in [7, 11) is 0. The molecule has 0 aromatic carbocycles. The Labute approximate surface area is 89.2 Å². The molecule has 0 atom stereocenters. The molecule has 0 unspecified atom stereocenters. The van der Waals surface area contributed by atoms with Crippen LogP contribution >= 0.6 is 11.6 Å². The summed E-state index contributed by atoms with van der Waals surface area (Å²) in [6, 6.07) is 3.94. The summed E-state index contributed by atoms with van der Waals surface area (Å²) in [5.41, 5.74) is 0.192. The molecule has 2 rings (SSSR count). The van der Waals surface area contributed by atoms with Gasteiger partial charge in [0, 0.05) is 25.5 Å². The largest absolute Gasteiger partial charge is 0.469 e.